The van der Waals surface area contributed by atoms with E-state index in [9.17, 15) is 24.8 Å². The zero-order valence-corrected chi connectivity index (χ0v) is 11.5. The first-order valence-electron chi connectivity index (χ1n) is 6.99. The minimum atomic E-state index is -0.837. The average molecular weight is 291 g/mol. The molecule has 0 saturated heterocycles. The Labute approximate surface area is 121 Å². The van der Waals surface area contributed by atoms with Gasteiger partial charge < -0.3 is 5.11 Å². The first-order valence-corrected chi connectivity index (χ1v) is 6.99. The van der Waals surface area contributed by atoms with Crippen LogP contribution in [0.4, 0.5) is 5.69 Å². The Morgan fingerprint density at radius 3 is 2.38 bits per heavy atom. The van der Waals surface area contributed by atoms with E-state index in [1.165, 1.54) is 24.3 Å². The van der Waals surface area contributed by atoms with E-state index in [-0.39, 0.29) is 23.8 Å². The predicted molar refractivity (Wildman–Crippen MR) is 75.1 cm³/mol. The Bertz CT molecular complexity index is 552. The molecular weight excluding hydrogens is 274 g/mol. The van der Waals surface area contributed by atoms with Gasteiger partial charge in [0.15, 0.2) is 5.78 Å². The van der Waals surface area contributed by atoms with Crippen molar-refractivity contribution in [1.82, 2.24) is 0 Å². The van der Waals surface area contributed by atoms with Crippen LogP contribution >= 0.6 is 0 Å². The fraction of sp³-hybridized carbons (Fsp3) is 0.467. The summed E-state index contributed by atoms with van der Waals surface area (Å²) in [5.74, 6) is -1.58. The van der Waals surface area contributed by atoms with Crippen molar-refractivity contribution >= 4 is 17.4 Å². The van der Waals surface area contributed by atoms with E-state index in [0.717, 1.165) is 19.3 Å². The van der Waals surface area contributed by atoms with Crippen LogP contribution in [0.15, 0.2) is 24.3 Å². The van der Waals surface area contributed by atoms with Gasteiger partial charge in [-0.25, -0.2) is 0 Å². The topological polar surface area (TPSA) is 97.5 Å². The van der Waals surface area contributed by atoms with Gasteiger partial charge in [0, 0.05) is 24.1 Å². The van der Waals surface area contributed by atoms with Gasteiger partial charge >= 0.3 is 5.97 Å². The van der Waals surface area contributed by atoms with E-state index in [4.69, 9.17) is 0 Å². The van der Waals surface area contributed by atoms with E-state index >= 15 is 0 Å². The van der Waals surface area contributed by atoms with Crippen molar-refractivity contribution in [2.24, 2.45) is 11.8 Å². The van der Waals surface area contributed by atoms with Gasteiger partial charge in [0.2, 0.25) is 0 Å². The van der Waals surface area contributed by atoms with Gasteiger partial charge in [0.1, 0.15) is 0 Å². The number of nitrogens with zero attached hydrogens (tertiary/aromatic N) is 1. The van der Waals surface area contributed by atoms with Crippen LogP contribution in [-0.4, -0.2) is 21.8 Å². The maximum Gasteiger partial charge on any atom is 0.306 e. The average Bonchev–Trinajstić information content (AvgIpc) is 2.47. The second-order valence-corrected chi connectivity index (χ2v) is 5.42. The molecule has 1 aliphatic rings. The molecule has 0 amide bonds. The van der Waals surface area contributed by atoms with Crippen molar-refractivity contribution in [3.05, 3.63) is 39.9 Å². The standard InChI is InChI=1S/C15H17NO5/c17-14(10-5-7-12(8-6-10)16(20)21)9-11-3-1-2-4-13(11)15(18)19/h5-8,11,13H,1-4,9H2,(H,18,19)/t11-,13+/m0/s1. The number of benzene rings is 1. The summed E-state index contributed by atoms with van der Waals surface area (Å²) in [4.78, 5) is 33.5. The molecule has 0 heterocycles. The summed E-state index contributed by atoms with van der Waals surface area (Å²) in [5, 5.41) is 19.8. The molecule has 112 valence electrons. The molecule has 1 aromatic carbocycles. The molecule has 21 heavy (non-hydrogen) atoms. The third kappa shape index (κ3) is 3.65. The van der Waals surface area contributed by atoms with Crippen LogP contribution in [0, 0.1) is 22.0 Å². The quantitative estimate of drug-likeness (QED) is 0.510. The van der Waals surface area contributed by atoms with Crippen molar-refractivity contribution in [3.63, 3.8) is 0 Å². The molecule has 2 rings (SSSR count). The summed E-state index contributed by atoms with van der Waals surface area (Å²) in [6.45, 7) is 0. The summed E-state index contributed by atoms with van der Waals surface area (Å²) in [7, 11) is 0. The molecule has 0 spiro atoms. The number of carboxylic acid groups (broad SMARTS) is 1. The number of ketones is 1. The van der Waals surface area contributed by atoms with Gasteiger partial charge in [-0.15, -0.1) is 0 Å². The second kappa shape index (κ2) is 6.47. The largest absolute Gasteiger partial charge is 0.481 e. The Balaban J connectivity index is 2.06. The highest BCUT2D eigenvalue weighted by atomic mass is 16.6. The number of hydrogen-bond acceptors (Lipinski definition) is 4. The third-order valence-electron chi connectivity index (χ3n) is 4.07. The number of carboxylic acids is 1. The molecule has 0 unspecified atom stereocenters. The lowest BCUT2D eigenvalue weighted by Crippen LogP contribution is -2.28. The van der Waals surface area contributed by atoms with Crippen LogP contribution in [-0.2, 0) is 4.79 Å². The van der Waals surface area contributed by atoms with E-state index in [1.54, 1.807) is 0 Å². The maximum absolute atomic E-state index is 12.2. The number of hydrogen-bond donors (Lipinski definition) is 1. The molecule has 1 aromatic rings. The van der Waals surface area contributed by atoms with Gasteiger partial charge in [-0.1, -0.05) is 12.8 Å². The zero-order chi connectivity index (χ0) is 15.4. The van der Waals surface area contributed by atoms with Gasteiger partial charge in [-0.2, -0.15) is 0 Å². The smallest absolute Gasteiger partial charge is 0.306 e. The number of carbonyl (C=O) groups is 2. The lowest BCUT2D eigenvalue weighted by atomic mass is 9.76. The Kier molecular flexibility index (Phi) is 4.67. The van der Waals surface area contributed by atoms with E-state index < -0.39 is 16.8 Å². The number of carbonyl (C=O) groups excluding carboxylic acids is 1. The molecule has 0 aromatic heterocycles. The summed E-state index contributed by atoms with van der Waals surface area (Å²) < 4.78 is 0. The van der Waals surface area contributed by atoms with Gasteiger partial charge in [-0.05, 0) is 30.9 Å². The minimum Gasteiger partial charge on any atom is -0.481 e. The third-order valence-corrected chi connectivity index (χ3v) is 4.07. The van der Waals surface area contributed by atoms with Gasteiger partial charge in [-0.3, -0.25) is 19.7 Å². The molecule has 0 bridgehead atoms. The van der Waals surface area contributed by atoms with E-state index in [2.05, 4.69) is 0 Å². The lowest BCUT2D eigenvalue weighted by molar-refractivity contribution is -0.384. The van der Waals surface area contributed by atoms with Crippen molar-refractivity contribution in [2.75, 3.05) is 0 Å². The predicted octanol–water partition coefficient (Wildman–Crippen LogP) is 3.06. The van der Waals surface area contributed by atoms with Crippen LogP contribution in [0.25, 0.3) is 0 Å². The molecule has 1 aliphatic carbocycles. The van der Waals surface area contributed by atoms with Crippen molar-refractivity contribution in [1.29, 1.82) is 0 Å². The highest BCUT2D eigenvalue weighted by Gasteiger charge is 2.32. The molecular formula is C15H17NO5. The number of Topliss-reactive ketones (excluding diaryl/α,β-unsaturated/α-hetero) is 1. The van der Waals surface area contributed by atoms with Crippen LogP contribution in [0.3, 0.4) is 0 Å². The summed E-state index contributed by atoms with van der Waals surface area (Å²) in [6.07, 6.45) is 3.39. The van der Waals surface area contributed by atoms with E-state index in [0.29, 0.717) is 12.0 Å². The van der Waals surface area contributed by atoms with Crippen molar-refractivity contribution in [3.8, 4) is 0 Å². The lowest BCUT2D eigenvalue weighted by Gasteiger charge is -2.27. The van der Waals surface area contributed by atoms with Crippen LogP contribution in [0.2, 0.25) is 0 Å². The first-order chi connectivity index (χ1) is 9.99. The summed E-state index contributed by atoms with van der Waals surface area (Å²) in [5.41, 5.74) is 0.336. The maximum atomic E-state index is 12.2. The summed E-state index contributed by atoms with van der Waals surface area (Å²) >= 11 is 0. The number of nitro groups is 1. The fourth-order valence-corrected chi connectivity index (χ4v) is 2.90. The monoisotopic (exact) mass is 291 g/mol. The van der Waals surface area contributed by atoms with Crippen LogP contribution in [0.1, 0.15) is 42.5 Å². The van der Waals surface area contributed by atoms with Gasteiger partial charge in [0.25, 0.3) is 5.69 Å². The second-order valence-electron chi connectivity index (χ2n) is 5.42. The number of non-ortho nitro benzene ring substituents is 1. The molecule has 0 aliphatic heterocycles. The molecule has 0 radical (unpaired) electrons. The summed E-state index contributed by atoms with van der Waals surface area (Å²) in [6, 6.07) is 5.45. The molecule has 1 fully saturated rings. The molecule has 6 heteroatoms. The van der Waals surface area contributed by atoms with Gasteiger partial charge in [0.05, 0.1) is 10.8 Å². The molecule has 2 atom stereocenters. The first kappa shape index (κ1) is 15.2. The van der Waals surface area contributed by atoms with Crippen molar-refractivity contribution < 1.29 is 19.6 Å². The normalized spacial score (nSPS) is 21.7. The number of rotatable bonds is 5. The Hall–Kier alpha value is -2.24. The van der Waals surface area contributed by atoms with Crippen LogP contribution < -0.4 is 0 Å². The molecule has 1 N–H and O–H groups in total. The fourth-order valence-electron chi connectivity index (χ4n) is 2.90. The SMILES string of the molecule is O=C(C[C@@H]1CCCC[C@H]1C(=O)O)c1ccc([N+](=O)[O-])cc1. The number of nitro benzene ring substituents is 1. The van der Waals surface area contributed by atoms with E-state index in [1.807, 2.05) is 0 Å². The minimum absolute atomic E-state index is 0.0624. The molecule has 1 saturated carbocycles. The molecule has 6 nitrogen and oxygen atoms in total. The Morgan fingerprint density at radius 1 is 1.19 bits per heavy atom. The highest BCUT2D eigenvalue weighted by Crippen LogP contribution is 2.33. The van der Waals surface area contributed by atoms with Crippen molar-refractivity contribution in [2.45, 2.75) is 32.1 Å². The Morgan fingerprint density at radius 2 is 1.81 bits per heavy atom. The number of aliphatic carboxylic acids is 1. The van der Waals surface area contributed by atoms with Crippen LogP contribution in [0.5, 0.6) is 0 Å². The zero-order valence-electron chi connectivity index (χ0n) is 11.5. The highest BCUT2D eigenvalue weighted by molar-refractivity contribution is 5.96.